The van der Waals surface area contributed by atoms with Crippen LogP contribution in [0, 0.1) is 6.92 Å². The third-order valence-electron chi connectivity index (χ3n) is 3.82. The van der Waals surface area contributed by atoms with Gasteiger partial charge >= 0.3 is 6.03 Å². The Morgan fingerprint density at radius 2 is 2.26 bits per heavy atom. The van der Waals surface area contributed by atoms with E-state index in [0.717, 1.165) is 33.3 Å². The Morgan fingerprint density at radius 3 is 3.00 bits per heavy atom. The molecule has 27 heavy (non-hydrogen) atoms. The molecule has 1 N–H and O–H groups in total. The van der Waals surface area contributed by atoms with Gasteiger partial charge in [0.25, 0.3) is 0 Å². The molecule has 1 atom stereocenters. The van der Waals surface area contributed by atoms with E-state index in [1.165, 1.54) is 16.0 Å². The molecular formula is C19H23N5O2S. The van der Waals surface area contributed by atoms with Crippen molar-refractivity contribution in [1.29, 1.82) is 0 Å². The Kier molecular flexibility index (Phi) is 6.31. The van der Waals surface area contributed by atoms with Gasteiger partial charge in [-0.3, -0.25) is 4.98 Å². The minimum absolute atomic E-state index is 0.0842. The highest BCUT2D eigenvalue weighted by atomic mass is 32.1. The Morgan fingerprint density at radius 1 is 1.41 bits per heavy atom. The van der Waals surface area contributed by atoms with E-state index in [1.807, 2.05) is 32.0 Å². The lowest BCUT2D eigenvalue weighted by molar-refractivity contribution is 0.117. The highest BCUT2D eigenvalue weighted by Crippen LogP contribution is 2.33. The predicted molar refractivity (Wildman–Crippen MR) is 106 cm³/mol. The van der Waals surface area contributed by atoms with Crippen molar-refractivity contribution in [2.24, 2.45) is 0 Å². The van der Waals surface area contributed by atoms with Gasteiger partial charge in [0.1, 0.15) is 10.7 Å². The molecule has 3 rings (SSSR count). The molecular weight excluding hydrogens is 362 g/mol. The first kappa shape index (κ1) is 19.2. The monoisotopic (exact) mass is 385 g/mol. The third kappa shape index (κ3) is 4.78. The number of pyridine rings is 1. The SMILES string of the molecule is CCCOCC(C)NC(=O)n1ccc(-c2sc(-c3cccnc3)nc2C)n1. The number of nitrogens with one attached hydrogen (secondary N) is 1. The van der Waals surface area contributed by atoms with E-state index in [1.54, 1.807) is 18.6 Å². The molecule has 1 unspecified atom stereocenters. The number of carbonyl (C=O) groups is 1. The van der Waals surface area contributed by atoms with Gasteiger partial charge in [-0.1, -0.05) is 6.92 Å². The molecule has 0 fully saturated rings. The number of thiazole rings is 1. The summed E-state index contributed by atoms with van der Waals surface area (Å²) in [6.45, 7) is 7.07. The maximum absolute atomic E-state index is 12.4. The lowest BCUT2D eigenvalue weighted by Crippen LogP contribution is -2.38. The fraction of sp³-hybridized carbons (Fsp3) is 0.368. The Hall–Kier alpha value is -2.58. The highest BCUT2D eigenvalue weighted by Gasteiger charge is 2.16. The summed E-state index contributed by atoms with van der Waals surface area (Å²) in [6, 6.07) is 5.33. The molecule has 0 bridgehead atoms. The fourth-order valence-electron chi connectivity index (χ4n) is 2.53. The van der Waals surface area contributed by atoms with E-state index in [-0.39, 0.29) is 12.1 Å². The average molecular weight is 385 g/mol. The molecule has 0 radical (unpaired) electrons. The number of rotatable bonds is 7. The van der Waals surface area contributed by atoms with Crippen molar-refractivity contribution in [3.63, 3.8) is 0 Å². The first-order chi connectivity index (χ1) is 13.1. The summed E-state index contributed by atoms with van der Waals surface area (Å²) in [5.74, 6) is 0. The van der Waals surface area contributed by atoms with Crippen LogP contribution in [-0.2, 0) is 4.74 Å². The Balaban J connectivity index is 1.70. The van der Waals surface area contributed by atoms with Gasteiger partial charge < -0.3 is 10.1 Å². The number of ether oxygens (including phenoxy) is 1. The van der Waals surface area contributed by atoms with Crippen molar-refractivity contribution < 1.29 is 9.53 Å². The quantitative estimate of drug-likeness (QED) is 0.627. The second-order valence-electron chi connectivity index (χ2n) is 6.25. The number of hydrogen-bond acceptors (Lipinski definition) is 6. The molecule has 3 aromatic heterocycles. The van der Waals surface area contributed by atoms with E-state index in [4.69, 9.17) is 4.74 Å². The molecule has 0 aliphatic carbocycles. The zero-order valence-corrected chi connectivity index (χ0v) is 16.5. The number of aryl methyl sites for hydroxylation is 1. The maximum Gasteiger partial charge on any atom is 0.342 e. The van der Waals surface area contributed by atoms with Crippen LogP contribution >= 0.6 is 11.3 Å². The van der Waals surface area contributed by atoms with E-state index in [2.05, 4.69) is 27.3 Å². The molecule has 0 saturated carbocycles. The van der Waals surface area contributed by atoms with Crippen molar-refractivity contribution >= 4 is 17.4 Å². The summed E-state index contributed by atoms with van der Waals surface area (Å²) in [5, 5.41) is 8.18. The normalized spacial score (nSPS) is 12.1. The van der Waals surface area contributed by atoms with Gasteiger partial charge in [0.2, 0.25) is 0 Å². The molecule has 1 amide bonds. The predicted octanol–water partition coefficient (Wildman–Crippen LogP) is 3.75. The largest absolute Gasteiger partial charge is 0.379 e. The zero-order valence-electron chi connectivity index (χ0n) is 15.7. The number of hydrogen-bond donors (Lipinski definition) is 1. The van der Waals surface area contributed by atoms with Crippen molar-refractivity contribution in [3.8, 4) is 21.1 Å². The number of aromatic nitrogens is 4. The van der Waals surface area contributed by atoms with Crippen LogP contribution in [0.15, 0.2) is 36.8 Å². The van der Waals surface area contributed by atoms with E-state index < -0.39 is 0 Å². The van der Waals surface area contributed by atoms with Crippen LogP contribution in [0.25, 0.3) is 21.1 Å². The summed E-state index contributed by atoms with van der Waals surface area (Å²) >= 11 is 1.54. The third-order valence-corrected chi connectivity index (χ3v) is 5.05. The number of carbonyl (C=O) groups excluding carboxylic acids is 1. The lowest BCUT2D eigenvalue weighted by Gasteiger charge is -2.13. The molecule has 3 aromatic rings. The van der Waals surface area contributed by atoms with Crippen LogP contribution in [0.2, 0.25) is 0 Å². The van der Waals surface area contributed by atoms with Crippen LogP contribution in [0.5, 0.6) is 0 Å². The summed E-state index contributed by atoms with van der Waals surface area (Å²) in [6.07, 6.45) is 6.14. The topological polar surface area (TPSA) is 81.9 Å². The average Bonchev–Trinajstić information content (AvgIpc) is 3.29. The minimum atomic E-state index is -0.275. The number of nitrogens with zero attached hydrogens (tertiary/aromatic N) is 4. The molecule has 0 aliphatic rings. The molecule has 3 heterocycles. The van der Waals surface area contributed by atoms with Crippen LogP contribution < -0.4 is 5.32 Å². The molecule has 142 valence electrons. The second kappa shape index (κ2) is 8.88. The zero-order chi connectivity index (χ0) is 19.2. The molecule has 8 heteroatoms. The highest BCUT2D eigenvalue weighted by molar-refractivity contribution is 7.18. The second-order valence-corrected chi connectivity index (χ2v) is 7.25. The van der Waals surface area contributed by atoms with Gasteiger partial charge in [0.05, 0.1) is 23.2 Å². The summed E-state index contributed by atoms with van der Waals surface area (Å²) < 4.78 is 6.77. The van der Waals surface area contributed by atoms with Gasteiger partial charge in [-0.05, 0) is 38.5 Å². The van der Waals surface area contributed by atoms with E-state index >= 15 is 0 Å². The fourth-order valence-corrected chi connectivity index (χ4v) is 3.55. The van der Waals surface area contributed by atoms with Crippen molar-refractivity contribution in [1.82, 2.24) is 25.1 Å². The van der Waals surface area contributed by atoms with Crippen LogP contribution in [0.3, 0.4) is 0 Å². The summed E-state index contributed by atoms with van der Waals surface area (Å²) in [4.78, 5) is 22.1. The van der Waals surface area contributed by atoms with Crippen molar-refractivity contribution in [2.75, 3.05) is 13.2 Å². The van der Waals surface area contributed by atoms with Crippen LogP contribution in [-0.4, -0.2) is 45.0 Å². The first-order valence-electron chi connectivity index (χ1n) is 8.91. The van der Waals surface area contributed by atoms with Crippen LogP contribution in [0.1, 0.15) is 26.0 Å². The van der Waals surface area contributed by atoms with Crippen molar-refractivity contribution in [3.05, 3.63) is 42.5 Å². The molecule has 0 aromatic carbocycles. The number of amides is 1. The van der Waals surface area contributed by atoms with Gasteiger partial charge in [-0.2, -0.15) is 9.78 Å². The molecule has 7 nitrogen and oxygen atoms in total. The lowest BCUT2D eigenvalue weighted by atomic mass is 10.3. The minimum Gasteiger partial charge on any atom is -0.379 e. The first-order valence-corrected chi connectivity index (χ1v) is 9.72. The standard InChI is InChI=1S/C19H23N5O2S/c1-4-10-26-12-13(2)21-19(25)24-9-7-16(23-24)17-14(3)22-18(27-17)15-6-5-8-20-11-15/h5-9,11,13H,4,10,12H2,1-3H3,(H,21,25). The van der Waals surface area contributed by atoms with E-state index in [9.17, 15) is 4.79 Å². The van der Waals surface area contributed by atoms with Gasteiger partial charge in [0.15, 0.2) is 0 Å². The summed E-state index contributed by atoms with van der Waals surface area (Å²) in [7, 11) is 0. The molecule has 0 spiro atoms. The smallest absolute Gasteiger partial charge is 0.342 e. The van der Waals surface area contributed by atoms with E-state index in [0.29, 0.717) is 13.2 Å². The molecule has 0 saturated heterocycles. The Labute approximate surface area is 162 Å². The Bertz CT molecular complexity index is 891. The van der Waals surface area contributed by atoms with Gasteiger partial charge in [0, 0.05) is 30.8 Å². The van der Waals surface area contributed by atoms with Gasteiger partial charge in [-0.15, -0.1) is 11.3 Å². The van der Waals surface area contributed by atoms with Crippen molar-refractivity contribution in [2.45, 2.75) is 33.2 Å². The molecule has 0 aliphatic heterocycles. The maximum atomic E-state index is 12.4. The summed E-state index contributed by atoms with van der Waals surface area (Å²) in [5.41, 5.74) is 2.57. The van der Waals surface area contributed by atoms with Crippen LogP contribution in [0.4, 0.5) is 4.79 Å². The van der Waals surface area contributed by atoms with Gasteiger partial charge in [-0.25, -0.2) is 9.78 Å².